The van der Waals surface area contributed by atoms with Gasteiger partial charge in [-0.15, -0.1) is 0 Å². The van der Waals surface area contributed by atoms with Crippen molar-refractivity contribution >= 4 is 11.9 Å². The van der Waals surface area contributed by atoms with Gasteiger partial charge in [-0.2, -0.15) is 0 Å². The highest BCUT2D eigenvalue weighted by atomic mass is 16.6. The summed E-state index contributed by atoms with van der Waals surface area (Å²) in [5, 5.41) is 19.5. The second kappa shape index (κ2) is 6.13. The third-order valence-corrected chi connectivity index (χ3v) is 6.83. The number of rotatable bonds is 4. The largest absolute Gasteiger partial charge is 0.478 e. The van der Waals surface area contributed by atoms with E-state index in [4.69, 9.17) is 4.74 Å². The molecule has 5 atom stereocenters. The molecule has 2 N–H and O–H groups in total. The van der Waals surface area contributed by atoms with Crippen molar-refractivity contribution in [3.63, 3.8) is 0 Å². The number of carbonyl (C=O) groups is 2. The van der Waals surface area contributed by atoms with Gasteiger partial charge in [0, 0.05) is 22.6 Å². The third-order valence-electron chi connectivity index (χ3n) is 6.83. The maximum absolute atomic E-state index is 11.8. The SMILES string of the molecule is C[C@H]1CC[C@@]2(C)C(C(=O)O)=CC=C[C@H]2[C@]1(C)CCC1=CC(=O)OC1O. The van der Waals surface area contributed by atoms with Crippen LogP contribution < -0.4 is 0 Å². The molecule has 0 aromatic heterocycles. The van der Waals surface area contributed by atoms with Gasteiger partial charge in [-0.3, -0.25) is 0 Å². The van der Waals surface area contributed by atoms with Crippen molar-refractivity contribution in [2.24, 2.45) is 22.7 Å². The van der Waals surface area contributed by atoms with E-state index in [1.807, 2.05) is 6.08 Å². The summed E-state index contributed by atoms with van der Waals surface area (Å²) in [6.45, 7) is 6.48. The summed E-state index contributed by atoms with van der Waals surface area (Å²) in [5.74, 6) is -0.820. The highest BCUT2D eigenvalue weighted by Gasteiger charge is 2.54. The van der Waals surface area contributed by atoms with E-state index in [0.29, 0.717) is 23.5 Å². The van der Waals surface area contributed by atoms with Gasteiger partial charge in [-0.05, 0) is 42.9 Å². The number of aliphatic hydroxyl groups excluding tert-OH is 1. The van der Waals surface area contributed by atoms with Gasteiger partial charge in [0.2, 0.25) is 6.29 Å². The molecule has 5 nitrogen and oxygen atoms in total. The van der Waals surface area contributed by atoms with Crippen molar-refractivity contribution in [2.75, 3.05) is 0 Å². The number of aliphatic hydroxyl groups is 1. The normalized spacial score (nSPS) is 40.2. The number of esters is 1. The first-order chi connectivity index (χ1) is 11.7. The predicted octanol–water partition coefficient (Wildman–Crippen LogP) is 3.21. The smallest absolute Gasteiger partial charge is 0.333 e. The Kier molecular flexibility index (Phi) is 4.40. The lowest BCUT2D eigenvalue weighted by atomic mass is 9.48. The molecule has 1 saturated carbocycles. The van der Waals surface area contributed by atoms with Crippen LogP contribution in [0, 0.1) is 22.7 Å². The second-order valence-electron chi connectivity index (χ2n) is 8.12. The summed E-state index contributed by atoms with van der Waals surface area (Å²) in [7, 11) is 0. The van der Waals surface area contributed by atoms with Gasteiger partial charge in [0.1, 0.15) is 0 Å². The van der Waals surface area contributed by atoms with Crippen molar-refractivity contribution in [2.45, 2.75) is 52.7 Å². The molecule has 0 bridgehead atoms. The fraction of sp³-hybridized carbons (Fsp3) is 0.600. The number of hydrogen-bond donors (Lipinski definition) is 2. The van der Waals surface area contributed by atoms with Crippen LogP contribution in [0.1, 0.15) is 46.5 Å². The topological polar surface area (TPSA) is 83.8 Å². The van der Waals surface area contributed by atoms with Gasteiger partial charge in [-0.1, -0.05) is 39.0 Å². The number of cyclic esters (lactones) is 1. The molecule has 25 heavy (non-hydrogen) atoms. The summed E-state index contributed by atoms with van der Waals surface area (Å²) in [4.78, 5) is 23.1. The zero-order chi connectivity index (χ0) is 18.4. The number of carboxylic acids is 1. The Morgan fingerprint density at radius 3 is 2.72 bits per heavy atom. The van der Waals surface area contributed by atoms with Crippen LogP contribution in [0.4, 0.5) is 0 Å². The number of allylic oxidation sites excluding steroid dienone is 3. The van der Waals surface area contributed by atoms with Crippen LogP contribution in [-0.2, 0) is 14.3 Å². The maximum Gasteiger partial charge on any atom is 0.333 e. The molecule has 3 rings (SSSR count). The van der Waals surface area contributed by atoms with Crippen LogP contribution in [0.15, 0.2) is 35.5 Å². The highest BCUT2D eigenvalue weighted by Crippen LogP contribution is 2.60. The van der Waals surface area contributed by atoms with Gasteiger partial charge in [0.15, 0.2) is 0 Å². The standard InChI is InChI=1S/C20H26O5/c1-12-7-9-20(3)14(17(22)23)5-4-6-15(20)19(12,2)10-8-13-11-16(21)25-18(13)24/h4-6,11-12,15,18,24H,7-10H2,1-3H3,(H,22,23)/t12-,15-,18?,19+,20-/m0/s1. The molecule has 1 heterocycles. The molecule has 0 amide bonds. The molecule has 1 unspecified atom stereocenters. The predicted molar refractivity (Wildman–Crippen MR) is 92.4 cm³/mol. The molecule has 0 aromatic carbocycles. The number of fused-ring (bicyclic) bond motifs is 1. The molecule has 0 aromatic rings. The lowest BCUT2D eigenvalue weighted by Gasteiger charge is -2.56. The number of carbonyl (C=O) groups excluding carboxylic acids is 1. The average molecular weight is 346 g/mol. The molecule has 136 valence electrons. The molecule has 3 aliphatic rings. The van der Waals surface area contributed by atoms with Crippen molar-refractivity contribution in [1.29, 1.82) is 0 Å². The minimum atomic E-state index is -1.14. The van der Waals surface area contributed by atoms with Crippen LogP contribution in [0.2, 0.25) is 0 Å². The minimum Gasteiger partial charge on any atom is -0.478 e. The van der Waals surface area contributed by atoms with Crippen LogP contribution >= 0.6 is 0 Å². The van der Waals surface area contributed by atoms with E-state index < -0.39 is 23.6 Å². The summed E-state index contributed by atoms with van der Waals surface area (Å²) in [5.41, 5.74) is 0.581. The summed E-state index contributed by atoms with van der Waals surface area (Å²) in [6, 6.07) is 0. The van der Waals surface area contributed by atoms with Crippen LogP contribution in [0.25, 0.3) is 0 Å². The minimum absolute atomic E-state index is 0.107. The van der Waals surface area contributed by atoms with E-state index in [-0.39, 0.29) is 11.3 Å². The Balaban J connectivity index is 1.87. The fourth-order valence-electron chi connectivity index (χ4n) is 4.99. The molecule has 5 heteroatoms. The first kappa shape index (κ1) is 17.9. The first-order valence-electron chi connectivity index (χ1n) is 8.90. The Bertz CT molecular complexity index is 688. The number of hydrogen-bond acceptors (Lipinski definition) is 4. The van der Waals surface area contributed by atoms with Crippen molar-refractivity contribution in [3.05, 3.63) is 35.5 Å². The van der Waals surface area contributed by atoms with Gasteiger partial charge in [-0.25, -0.2) is 9.59 Å². The van der Waals surface area contributed by atoms with Crippen molar-refractivity contribution in [3.8, 4) is 0 Å². The number of aliphatic carboxylic acids is 1. The van der Waals surface area contributed by atoms with E-state index in [0.717, 1.165) is 19.3 Å². The molecular formula is C20H26O5. The van der Waals surface area contributed by atoms with Gasteiger partial charge < -0.3 is 14.9 Å². The molecular weight excluding hydrogens is 320 g/mol. The van der Waals surface area contributed by atoms with Crippen LogP contribution in [-0.4, -0.2) is 28.4 Å². The van der Waals surface area contributed by atoms with E-state index in [1.54, 1.807) is 6.08 Å². The van der Waals surface area contributed by atoms with Crippen LogP contribution in [0.5, 0.6) is 0 Å². The molecule has 1 aliphatic heterocycles. The second-order valence-corrected chi connectivity index (χ2v) is 8.12. The Labute approximate surface area is 148 Å². The monoisotopic (exact) mass is 346 g/mol. The Hall–Kier alpha value is -1.88. The Morgan fingerprint density at radius 1 is 1.40 bits per heavy atom. The lowest BCUT2D eigenvalue weighted by Crippen LogP contribution is -2.49. The molecule has 1 fully saturated rings. The van der Waals surface area contributed by atoms with Gasteiger partial charge in [0.05, 0.1) is 0 Å². The molecule has 2 aliphatic carbocycles. The zero-order valence-corrected chi connectivity index (χ0v) is 15.0. The maximum atomic E-state index is 11.8. The summed E-state index contributed by atoms with van der Waals surface area (Å²) >= 11 is 0. The quantitative estimate of drug-likeness (QED) is 0.764. The number of ether oxygens (including phenoxy) is 1. The van der Waals surface area contributed by atoms with Crippen molar-refractivity contribution < 1.29 is 24.5 Å². The fourth-order valence-corrected chi connectivity index (χ4v) is 4.99. The molecule has 0 radical (unpaired) electrons. The summed E-state index contributed by atoms with van der Waals surface area (Å²) in [6.07, 6.45) is 9.11. The third kappa shape index (κ3) is 2.84. The average Bonchev–Trinajstić information content (AvgIpc) is 2.87. The van der Waals surface area contributed by atoms with E-state index in [9.17, 15) is 19.8 Å². The van der Waals surface area contributed by atoms with E-state index in [2.05, 4.69) is 26.8 Å². The highest BCUT2D eigenvalue weighted by molar-refractivity contribution is 5.89. The first-order valence-corrected chi connectivity index (χ1v) is 8.90. The van der Waals surface area contributed by atoms with Crippen molar-refractivity contribution in [1.82, 2.24) is 0 Å². The van der Waals surface area contributed by atoms with Gasteiger partial charge >= 0.3 is 11.9 Å². The van der Waals surface area contributed by atoms with Crippen LogP contribution in [0.3, 0.4) is 0 Å². The lowest BCUT2D eigenvalue weighted by molar-refractivity contribution is -0.151. The van der Waals surface area contributed by atoms with Gasteiger partial charge in [0.25, 0.3) is 0 Å². The van der Waals surface area contributed by atoms with E-state index in [1.165, 1.54) is 6.08 Å². The molecule has 0 saturated heterocycles. The molecule has 0 spiro atoms. The zero-order valence-electron chi connectivity index (χ0n) is 15.0. The Morgan fingerprint density at radius 2 is 2.12 bits per heavy atom. The summed E-state index contributed by atoms with van der Waals surface area (Å²) < 4.78 is 4.77. The van der Waals surface area contributed by atoms with E-state index >= 15 is 0 Å². The number of carboxylic acid groups (broad SMARTS) is 1.